The third-order valence-corrected chi connectivity index (χ3v) is 5.02. The van der Waals surface area contributed by atoms with Gasteiger partial charge in [-0.25, -0.2) is 0 Å². The number of rotatable bonds is 7. The van der Waals surface area contributed by atoms with Crippen LogP contribution in [0, 0.1) is 0 Å². The number of nitrogens with zero attached hydrogens (tertiary/aromatic N) is 2. The first kappa shape index (κ1) is 16.5. The molecule has 0 amide bonds. The fourth-order valence-corrected chi connectivity index (χ4v) is 3.48. The van der Waals surface area contributed by atoms with E-state index in [9.17, 15) is 0 Å². The van der Waals surface area contributed by atoms with Crippen LogP contribution in [0.5, 0.6) is 0 Å². The van der Waals surface area contributed by atoms with Gasteiger partial charge in [-0.1, -0.05) is 44.2 Å². The van der Waals surface area contributed by atoms with Crippen molar-refractivity contribution in [1.29, 1.82) is 0 Å². The summed E-state index contributed by atoms with van der Waals surface area (Å²) in [7, 11) is 1.83. The number of ether oxygens (including phenoxy) is 1. The molecule has 21 heavy (non-hydrogen) atoms. The van der Waals surface area contributed by atoms with Crippen LogP contribution in [0.25, 0.3) is 0 Å². The molecule has 1 aliphatic rings. The summed E-state index contributed by atoms with van der Waals surface area (Å²) in [5, 5.41) is 0. The van der Waals surface area contributed by atoms with Gasteiger partial charge in [-0.05, 0) is 18.4 Å². The lowest BCUT2D eigenvalue weighted by Crippen LogP contribution is -2.58. The summed E-state index contributed by atoms with van der Waals surface area (Å²) in [4.78, 5) is 5.21. The summed E-state index contributed by atoms with van der Waals surface area (Å²) < 4.78 is 5.51. The van der Waals surface area contributed by atoms with E-state index in [1.54, 1.807) is 0 Å². The van der Waals surface area contributed by atoms with Crippen LogP contribution in [0.2, 0.25) is 0 Å². The third-order valence-electron chi connectivity index (χ3n) is 5.02. The predicted molar refractivity (Wildman–Crippen MR) is 88.5 cm³/mol. The molecule has 0 atom stereocenters. The normalized spacial score (nSPS) is 18.0. The topological polar surface area (TPSA) is 15.7 Å². The average molecular weight is 290 g/mol. The average Bonchev–Trinajstić information content (AvgIpc) is 2.55. The van der Waals surface area contributed by atoms with Crippen molar-refractivity contribution in [2.75, 3.05) is 39.9 Å². The van der Waals surface area contributed by atoms with Crippen LogP contribution in [-0.4, -0.2) is 55.2 Å². The zero-order chi connectivity index (χ0) is 15.1. The van der Waals surface area contributed by atoms with Gasteiger partial charge in [0.25, 0.3) is 0 Å². The Labute approximate surface area is 129 Å². The molecule has 1 heterocycles. The largest absolute Gasteiger partial charge is 0.383 e. The van der Waals surface area contributed by atoms with Crippen molar-refractivity contribution in [3.8, 4) is 0 Å². The summed E-state index contributed by atoms with van der Waals surface area (Å²) in [6, 6.07) is 10.8. The van der Waals surface area contributed by atoms with Gasteiger partial charge in [0, 0.05) is 45.4 Å². The molecule has 118 valence electrons. The number of methoxy groups -OCH3 is 1. The number of piperazine rings is 1. The Bertz CT molecular complexity index is 395. The van der Waals surface area contributed by atoms with Crippen LogP contribution in [0.4, 0.5) is 0 Å². The highest BCUT2D eigenvalue weighted by Crippen LogP contribution is 2.26. The Balaban J connectivity index is 1.90. The maximum absolute atomic E-state index is 5.51. The standard InChI is InChI=1S/C18H30N2O/c1-4-18(5-2,16-21-3)20-13-11-19(12-14-20)15-17-9-7-6-8-10-17/h6-10H,4-5,11-16H2,1-3H3. The lowest BCUT2D eigenvalue weighted by atomic mass is 9.90. The van der Waals surface area contributed by atoms with Gasteiger partial charge in [0.1, 0.15) is 0 Å². The van der Waals surface area contributed by atoms with Crippen molar-refractivity contribution in [3.05, 3.63) is 35.9 Å². The molecule has 0 aromatic heterocycles. The van der Waals surface area contributed by atoms with Crippen molar-refractivity contribution < 1.29 is 4.74 Å². The van der Waals surface area contributed by atoms with Gasteiger partial charge >= 0.3 is 0 Å². The van der Waals surface area contributed by atoms with Crippen molar-refractivity contribution in [2.24, 2.45) is 0 Å². The Kier molecular flexibility index (Phi) is 6.22. The number of hydrogen-bond acceptors (Lipinski definition) is 3. The Morgan fingerprint density at radius 2 is 1.62 bits per heavy atom. The Morgan fingerprint density at radius 1 is 1.00 bits per heavy atom. The fraction of sp³-hybridized carbons (Fsp3) is 0.667. The van der Waals surface area contributed by atoms with E-state index in [0.717, 1.165) is 52.2 Å². The van der Waals surface area contributed by atoms with Crippen molar-refractivity contribution in [2.45, 2.75) is 38.8 Å². The minimum Gasteiger partial charge on any atom is -0.383 e. The second kappa shape index (κ2) is 7.92. The zero-order valence-electron chi connectivity index (χ0n) is 13.8. The molecular weight excluding hydrogens is 260 g/mol. The number of benzene rings is 1. The van der Waals surface area contributed by atoms with E-state index in [1.807, 2.05) is 7.11 Å². The smallest absolute Gasteiger partial charge is 0.0646 e. The van der Waals surface area contributed by atoms with Crippen LogP contribution < -0.4 is 0 Å². The van der Waals surface area contributed by atoms with E-state index in [1.165, 1.54) is 5.56 Å². The van der Waals surface area contributed by atoms with Gasteiger partial charge in [0.15, 0.2) is 0 Å². The van der Waals surface area contributed by atoms with Crippen LogP contribution in [-0.2, 0) is 11.3 Å². The number of hydrogen-bond donors (Lipinski definition) is 0. The molecule has 0 spiro atoms. The van der Waals surface area contributed by atoms with E-state index in [2.05, 4.69) is 54.0 Å². The first-order valence-electron chi connectivity index (χ1n) is 8.24. The molecule has 2 rings (SSSR count). The highest BCUT2D eigenvalue weighted by molar-refractivity contribution is 5.14. The van der Waals surface area contributed by atoms with Gasteiger partial charge < -0.3 is 4.74 Å². The minimum absolute atomic E-state index is 0.230. The maximum Gasteiger partial charge on any atom is 0.0646 e. The fourth-order valence-electron chi connectivity index (χ4n) is 3.48. The van der Waals surface area contributed by atoms with Crippen LogP contribution >= 0.6 is 0 Å². The zero-order valence-corrected chi connectivity index (χ0v) is 13.8. The van der Waals surface area contributed by atoms with Crippen LogP contribution in [0.15, 0.2) is 30.3 Å². The molecule has 0 saturated carbocycles. The summed E-state index contributed by atoms with van der Waals surface area (Å²) in [6.07, 6.45) is 2.33. The van der Waals surface area contributed by atoms with Gasteiger partial charge in [0.2, 0.25) is 0 Å². The lowest BCUT2D eigenvalue weighted by molar-refractivity contribution is -0.0247. The van der Waals surface area contributed by atoms with Gasteiger partial charge in [0.05, 0.1) is 6.61 Å². The third kappa shape index (κ3) is 4.06. The molecule has 1 aliphatic heterocycles. The predicted octanol–water partition coefficient (Wildman–Crippen LogP) is 3.01. The van der Waals surface area contributed by atoms with Gasteiger partial charge in [-0.3, -0.25) is 9.80 Å². The molecule has 1 aromatic carbocycles. The summed E-state index contributed by atoms with van der Waals surface area (Å²) in [6.45, 7) is 11.1. The Hall–Kier alpha value is -0.900. The molecular formula is C18H30N2O. The molecule has 0 N–H and O–H groups in total. The molecule has 1 saturated heterocycles. The molecule has 0 bridgehead atoms. The maximum atomic E-state index is 5.51. The second-order valence-electron chi connectivity index (χ2n) is 6.11. The second-order valence-corrected chi connectivity index (χ2v) is 6.11. The van der Waals surface area contributed by atoms with Crippen molar-refractivity contribution >= 4 is 0 Å². The van der Waals surface area contributed by atoms with E-state index in [-0.39, 0.29) is 5.54 Å². The SMILES string of the molecule is CCC(CC)(COC)N1CCN(Cc2ccccc2)CC1. The first-order chi connectivity index (χ1) is 10.2. The van der Waals surface area contributed by atoms with Crippen LogP contribution in [0.3, 0.4) is 0 Å². The highest BCUT2D eigenvalue weighted by Gasteiger charge is 2.35. The van der Waals surface area contributed by atoms with Gasteiger partial charge in [-0.15, -0.1) is 0 Å². The summed E-state index contributed by atoms with van der Waals surface area (Å²) >= 11 is 0. The Morgan fingerprint density at radius 3 is 2.14 bits per heavy atom. The van der Waals surface area contributed by atoms with E-state index < -0.39 is 0 Å². The molecule has 1 aromatic rings. The summed E-state index contributed by atoms with van der Waals surface area (Å²) in [5.74, 6) is 0. The molecule has 1 fully saturated rings. The van der Waals surface area contributed by atoms with Gasteiger partial charge in [-0.2, -0.15) is 0 Å². The van der Waals surface area contributed by atoms with E-state index in [0.29, 0.717) is 0 Å². The van der Waals surface area contributed by atoms with Crippen molar-refractivity contribution in [1.82, 2.24) is 9.80 Å². The monoisotopic (exact) mass is 290 g/mol. The molecule has 0 radical (unpaired) electrons. The molecule has 3 nitrogen and oxygen atoms in total. The van der Waals surface area contributed by atoms with Crippen LogP contribution in [0.1, 0.15) is 32.3 Å². The first-order valence-corrected chi connectivity index (χ1v) is 8.24. The molecule has 0 aliphatic carbocycles. The highest BCUT2D eigenvalue weighted by atomic mass is 16.5. The lowest BCUT2D eigenvalue weighted by Gasteiger charge is -2.47. The quantitative estimate of drug-likeness (QED) is 0.768. The van der Waals surface area contributed by atoms with Crippen molar-refractivity contribution in [3.63, 3.8) is 0 Å². The van der Waals surface area contributed by atoms with E-state index in [4.69, 9.17) is 4.74 Å². The molecule has 0 unspecified atom stereocenters. The molecule has 3 heteroatoms. The summed E-state index contributed by atoms with van der Waals surface area (Å²) in [5.41, 5.74) is 1.65. The van der Waals surface area contributed by atoms with E-state index >= 15 is 0 Å². The minimum atomic E-state index is 0.230.